The first-order valence-corrected chi connectivity index (χ1v) is 12.0. The average Bonchev–Trinajstić information content (AvgIpc) is 3.26. The zero-order chi connectivity index (χ0) is 23.7. The highest BCUT2D eigenvalue weighted by atomic mass is 19.3. The van der Waals surface area contributed by atoms with Crippen LogP contribution in [0.2, 0.25) is 0 Å². The van der Waals surface area contributed by atoms with Crippen LogP contribution in [0.3, 0.4) is 0 Å². The third-order valence-electron chi connectivity index (χ3n) is 6.81. The van der Waals surface area contributed by atoms with Gasteiger partial charge in [-0.3, -0.25) is 4.57 Å². The Morgan fingerprint density at radius 3 is 2.56 bits per heavy atom. The van der Waals surface area contributed by atoms with Gasteiger partial charge in [0.1, 0.15) is 11.6 Å². The lowest BCUT2D eigenvalue weighted by Crippen LogP contribution is -2.37. The van der Waals surface area contributed by atoms with Crippen LogP contribution in [0.15, 0.2) is 24.3 Å². The Labute approximate surface area is 197 Å². The van der Waals surface area contributed by atoms with Crippen molar-refractivity contribution in [3.05, 3.63) is 35.7 Å². The Kier molecular flexibility index (Phi) is 6.60. The summed E-state index contributed by atoms with van der Waals surface area (Å²) in [6.45, 7) is 5.16. The van der Waals surface area contributed by atoms with Crippen LogP contribution < -0.4 is 16.0 Å². The third-order valence-corrected chi connectivity index (χ3v) is 6.81. The fourth-order valence-corrected chi connectivity index (χ4v) is 4.84. The van der Waals surface area contributed by atoms with Crippen molar-refractivity contribution < 1.29 is 13.5 Å². The first kappa shape index (κ1) is 22.9. The smallest absolute Gasteiger partial charge is 0.296 e. The SMILES string of the molecule is Cc1cccc2c1nc(C(F)F)n2-c1cc(N2CCOCC2)nc(NC[C@H]2CC[C@H](N)CC2)n1. The molecule has 2 aromatic heterocycles. The lowest BCUT2D eigenvalue weighted by Gasteiger charge is -2.29. The monoisotopic (exact) mass is 471 g/mol. The molecular formula is C24H31F2N7O. The molecule has 1 aromatic carbocycles. The van der Waals surface area contributed by atoms with Gasteiger partial charge in [-0.2, -0.15) is 9.97 Å². The van der Waals surface area contributed by atoms with Crippen LogP contribution in [-0.4, -0.2) is 58.4 Å². The molecule has 0 radical (unpaired) electrons. The van der Waals surface area contributed by atoms with Crippen LogP contribution in [0.1, 0.15) is 43.5 Å². The van der Waals surface area contributed by atoms with E-state index in [1.54, 1.807) is 12.1 Å². The second-order valence-corrected chi connectivity index (χ2v) is 9.22. The molecule has 1 saturated carbocycles. The van der Waals surface area contributed by atoms with Crippen molar-refractivity contribution in [1.29, 1.82) is 0 Å². The third kappa shape index (κ3) is 4.69. The normalized spacial score (nSPS) is 21.4. The van der Waals surface area contributed by atoms with E-state index in [0.29, 0.717) is 60.8 Å². The number of hydrogen-bond donors (Lipinski definition) is 2. The fraction of sp³-hybridized carbons (Fsp3) is 0.542. The van der Waals surface area contributed by atoms with Crippen molar-refractivity contribution in [1.82, 2.24) is 19.5 Å². The van der Waals surface area contributed by atoms with Gasteiger partial charge in [0, 0.05) is 31.7 Å². The van der Waals surface area contributed by atoms with E-state index in [-0.39, 0.29) is 11.9 Å². The van der Waals surface area contributed by atoms with Crippen LogP contribution in [-0.2, 0) is 4.74 Å². The highest BCUT2D eigenvalue weighted by Gasteiger charge is 2.24. The predicted molar refractivity (Wildman–Crippen MR) is 128 cm³/mol. The van der Waals surface area contributed by atoms with E-state index in [1.165, 1.54) is 4.57 Å². The number of anilines is 2. The molecular weight excluding hydrogens is 440 g/mol. The molecule has 5 rings (SSSR count). The summed E-state index contributed by atoms with van der Waals surface area (Å²) in [5.41, 5.74) is 8.05. The van der Waals surface area contributed by atoms with Crippen molar-refractivity contribution >= 4 is 22.8 Å². The van der Waals surface area contributed by atoms with Crippen molar-refractivity contribution in [3.63, 3.8) is 0 Å². The number of fused-ring (bicyclic) bond motifs is 1. The number of para-hydroxylation sites is 1. The molecule has 34 heavy (non-hydrogen) atoms. The lowest BCUT2D eigenvalue weighted by molar-refractivity contribution is 0.122. The molecule has 3 aromatic rings. The molecule has 10 heteroatoms. The van der Waals surface area contributed by atoms with E-state index in [0.717, 1.165) is 37.8 Å². The number of benzene rings is 1. The van der Waals surface area contributed by atoms with E-state index in [9.17, 15) is 8.78 Å². The number of rotatable bonds is 6. The number of aryl methyl sites for hydroxylation is 1. The zero-order valence-corrected chi connectivity index (χ0v) is 19.4. The number of nitrogens with one attached hydrogen (secondary N) is 1. The first-order chi connectivity index (χ1) is 16.5. The van der Waals surface area contributed by atoms with Gasteiger partial charge in [0.25, 0.3) is 6.43 Å². The molecule has 1 aliphatic carbocycles. The number of aromatic nitrogens is 4. The summed E-state index contributed by atoms with van der Waals surface area (Å²) in [5, 5.41) is 3.38. The molecule has 1 saturated heterocycles. The Balaban J connectivity index is 1.54. The van der Waals surface area contributed by atoms with Gasteiger partial charge >= 0.3 is 0 Å². The topological polar surface area (TPSA) is 94.1 Å². The molecule has 0 atom stereocenters. The molecule has 8 nitrogen and oxygen atoms in total. The van der Waals surface area contributed by atoms with E-state index in [2.05, 4.69) is 20.2 Å². The molecule has 2 fully saturated rings. The van der Waals surface area contributed by atoms with Gasteiger partial charge in [0.2, 0.25) is 5.95 Å². The molecule has 3 N–H and O–H groups in total. The summed E-state index contributed by atoms with van der Waals surface area (Å²) in [7, 11) is 0. The molecule has 3 heterocycles. The highest BCUT2D eigenvalue weighted by Crippen LogP contribution is 2.31. The van der Waals surface area contributed by atoms with Crippen molar-refractivity contribution in [2.45, 2.75) is 45.1 Å². The Bertz CT molecular complexity index is 1140. The number of alkyl halides is 2. The van der Waals surface area contributed by atoms with E-state index >= 15 is 0 Å². The van der Waals surface area contributed by atoms with Crippen molar-refractivity contribution in [2.24, 2.45) is 11.7 Å². The maximum atomic E-state index is 14.1. The Hall–Kier alpha value is -2.85. The van der Waals surface area contributed by atoms with Gasteiger partial charge in [0.05, 0.1) is 24.2 Å². The lowest BCUT2D eigenvalue weighted by atomic mass is 9.86. The number of halogens is 2. The summed E-state index contributed by atoms with van der Waals surface area (Å²) in [6.07, 6.45) is 1.42. The van der Waals surface area contributed by atoms with Crippen molar-refractivity contribution in [2.75, 3.05) is 43.1 Å². The van der Waals surface area contributed by atoms with Crippen LogP contribution in [0, 0.1) is 12.8 Å². The predicted octanol–water partition coefficient (Wildman–Crippen LogP) is 3.83. The maximum absolute atomic E-state index is 14.1. The minimum absolute atomic E-state index is 0.287. The molecule has 0 spiro atoms. The second kappa shape index (κ2) is 9.79. The summed E-state index contributed by atoms with van der Waals surface area (Å²) >= 11 is 0. The number of nitrogens with two attached hydrogens (primary N) is 1. The minimum atomic E-state index is -2.74. The van der Waals surface area contributed by atoms with Gasteiger partial charge in [-0.05, 0) is 50.2 Å². The molecule has 1 aliphatic heterocycles. The van der Waals surface area contributed by atoms with E-state index in [1.807, 2.05) is 19.1 Å². The van der Waals surface area contributed by atoms with Crippen molar-refractivity contribution in [3.8, 4) is 5.82 Å². The highest BCUT2D eigenvalue weighted by molar-refractivity contribution is 5.81. The van der Waals surface area contributed by atoms with Gasteiger partial charge in [-0.15, -0.1) is 0 Å². The molecule has 0 unspecified atom stereocenters. The van der Waals surface area contributed by atoms with E-state index in [4.69, 9.17) is 15.5 Å². The number of imidazole rings is 1. The largest absolute Gasteiger partial charge is 0.378 e. The zero-order valence-electron chi connectivity index (χ0n) is 19.4. The summed E-state index contributed by atoms with van der Waals surface area (Å²) in [6, 6.07) is 7.58. The molecule has 0 amide bonds. The standard InChI is InChI=1S/C24H31F2N7O/c1-15-3-2-4-18-21(15)31-23(22(25)26)33(18)20-13-19(32-9-11-34-12-10-32)29-24(30-20)28-14-16-5-7-17(27)8-6-16/h2-4,13,16-17,22H,5-12,14,27H2,1H3,(H,28,29,30)/t16-,17-. The summed E-state index contributed by atoms with van der Waals surface area (Å²) in [5.74, 6) is 1.68. The Morgan fingerprint density at radius 2 is 1.82 bits per heavy atom. The summed E-state index contributed by atoms with van der Waals surface area (Å²) in [4.78, 5) is 15.8. The van der Waals surface area contributed by atoms with Gasteiger partial charge < -0.3 is 20.7 Å². The van der Waals surface area contributed by atoms with Gasteiger partial charge in [-0.25, -0.2) is 13.8 Å². The van der Waals surface area contributed by atoms with Crippen LogP contribution in [0.5, 0.6) is 0 Å². The number of morpholine rings is 1. The fourth-order valence-electron chi connectivity index (χ4n) is 4.84. The van der Waals surface area contributed by atoms with Crippen LogP contribution in [0.4, 0.5) is 20.5 Å². The minimum Gasteiger partial charge on any atom is -0.378 e. The number of nitrogens with zero attached hydrogens (tertiary/aromatic N) is 5. The van der Waals surface area contributed by atoms with Gasteiger partial charge in [-0.1, -0.05) is 12.1 Å². The van der Waals surface area contributed by atoms with Gasteiger partial charge in [0.15, 0.2) is 5.82 Å². The number of hydrogen-bond acceptors (Lipinski definition) is 7. The first-order valence-electron chi connectivity index (χ1n) is 12.0. The quantitative estimate of drug-likeness (QED) is 0.564. The maximum Gasteiger partial charge on any atom is 0.296 e. The molecule has 2 aliphatic rings. The second-order valence-electron chi connectivity index (χ2n) is 9.22. The Morgan fingerprint density at radius 1 is 1.09 bits per heavy atom. The molecule has 0 bridgehead atoms. The van der Waals surface area contributed by atoms with E-state index < -0.39 is 6.43 Å². The summed E-state index contributed by atoms with van der Waals surface area (Å²) < 4.78 is 35.1. The number of ether oxygens (including phenoxy) is 1. The average molecular weight is 472 g/mol. The van der Waals surface area contributed by atoms with Crippen LogP contribution >= 0.6 is 0 Å². The molecule has 182 valence electrons. The van der Waals surface area contributed by atoms with Crippen LogP contribution in [0.25, 0.3) is 16.9 Å².